The van der Waals surface area contributed by atoms with E-state index in [1.165, 1.54) is 0 Å². The van der Waals surface area contributed by atoms with Crippen molar-refractivity contribution in [2.45, 2.75) is 39.0 Å². The largest absolute Gasteiger partial charge is 0.363 e. The van der Waals surface area contributed by atoms with Crippen LogP contribution >= 0.6 is 7.60 Å². The maximum absolute atomic E-state index is 12.4. The van der Waals surface area contributed by atoms with Crippen LogP contribution in [0.1, 0.15) is 33.6 Å². The summed E-state index contributed by atoms with van der Waals surface area (Å²) in [5.74, 6) is 0. The van der Waals surface area contributed by atoms with Crippen molar-refractivity contribution in [3.63, 3.8) is 0 Å². The molecule has 0 saturated carbocycles. The summed E-state index contributed by atoms with van der Waals surface area (Å²) in [6.07, 6.45) is 1.66. The molecule has 0 N–H and O–H groups in total. The summed E-state index contributed by atoms with van der Waals surface area (Å²) in [6.45, 7) is 6.84. The van der Waals surface area contributed by atoms with Crippen LogP contribution in [0.2, 0.25) is 0 Å². The molecule has 0 aromatic carbocycles. The van der Waals surface area contributed by atoms with Crippen LogP contribution in [0.4, 0.5) is 0 Å². The second kappa shape index (κ2) is 4.75. The minimum atomic E-state index is -3.10. The molecule has 14 heavy (non-hydrogen) atoms. The Morgan fingerprint density at radius 3 is 2.29 bits per heavy atom. The van der Waals surface area contributed by atoms with Gasteiger partial charge in [0, 0.05) is 6.61 Å². The van der Waals surface area contributed by atoms with E-state index >= 15 is 0 Å². The average Bonchev–Trinajstić information content (AvgIpc) is 2.54. The fourth-order valence-corrected chi connectivity index (χ4v) is 3.61. The van der Waals surface area contributed by atoms with Crippen LogP contribution < -0.4 is 0 Å². The Bertz CT molecular complexity index is 213. The molecule has 0 radical (unpaired) electrons. The predicted octanol–water partition coefficient (Wildman–Crippen LogP) is 2.78. The fraction of sp³-hybridized carbons (Fsp3) is 1.00. The molecule has 0 bridgehead atoms. The molecule has 1 unspecified atom stereocenters. The van der Waals surface area contributed by atoms with Gasteiger partial charge in [0.25, 0.3) is 0 Å². The van der Waals surface area contributed by atoms with Gasteiger partial charge in [-0.3, -0.25) is 4.57 Å². The molecule has 84 valence electrons. The SMILES string of the molecule is CCOP(=O)(OCC)C1(C)CCCO1. The summed E-state index contributed by atoms with van der Waals surface area (Å²) in [5.41, 5.74) is 0. The highest BCUT2D eigenvalue weighted by Gasteiger charge is 2.50. The van der Waals surface area contributed by atoms with E-state index in [4.69, 9.17) is 13.8 Å². The van der Waals surface area contributed by atoms with Gasteiger partial charge in [0.15, 0.2) is 5.34 Å². The number of ether oxygens (including phenoxy) is 1. The van der Waals surface area contributed by atoms with Crippen molar-refractivity contribution in [3.05, 3.63) is 0 Å². The maximum Gasteiger partial charge on any atom is 0.361 e. The molecular formula is C9H19O4P. The van der Waals surface area contributed by atoms with Gasteiger partial charge in [0.2, 0.25) is 0 Å². The van der Waals surface area contributed by atoms with Crippen LogP contribution in [0, 0.1) is 0 Å². The van der Waals surface area contributed by atoms with Gasteiger partial charge < -0.3 is 13.8 Å². The van der Waals surface area contributed by atoms with E-state index in [2.05, 4.69) is 0 Å². The first-order chi connectivity index (χ1) is 6.58. The quantitative estimate of drug-likeness (QED) is 0.671. The van der Waals surface area contributed by atoms with Gasteiger partial charge in [-0.25, -0.2) is 0 Å². The first-order valence-electron chi connectivity index (χ1n) is 5.11. The fourth-order valence-electron chi connectivity index (χ4n) is 1.63. The van der Waals surface area contributed by atoms with Crippen LogP contribution in [0.3, 0.4) is 0 Å². The summed E-state index contributed by atoms with van der Waals surface area (Å²) in [7, 11) is -3.10. The molecule has 0 aromatic rings. The zero-order valence-corrected chi connectivity index (χ0v) is 10.0. The standard InChI is InChI=1S/C9H19O4P/c1-4-12-14(10,13-5-2)9(3)7-6-8-11-9/h4-8H2,1-3H3. The molecule has 1 saturated heterocycles. The molecule has 1 fully saturated rings. The topological polar surface area (TPSA) is 44.8 Å². The summed E-state index contributed by atoms with van der Waals surface area (Å²) in [5, 5.41) is -0.737. The minimum Gasteiger partial charge on any atom is -0.363 e. The zero-order valence-electron chi connectivity index (χ0n) is 9.12. The molecule has 1 heterocycles. The predicted molar refractivity (Wildman–Crippen MR) is 54.4 cm³/mol. The van der Waals surface area contributed by atoms with E-state index < -0.39 is 12.9 Å². The Kier molecular flexibility index (Phi) is 4.14. The molecule has 0 spiro atoms. The lowest BCUT2D eigenvalue weighted by atomic mass is 10.3. The summed E-state index contributed by atoms with van der Waals surface area (Å²) in [6, 6.07) is 0. The highest BCUT2D eigenvalue weighted by molar-refractivity contribution is 7.55. The third-order valence-corrected chi connectivity index (χ3v) is 5.08. The Balaban J connectivity index is 2.79. The van der Waals surface area contributed by atoms with E-state index in [-0.39, 0.29) is 0 Å². The molecule has 1 aliphatic rings. The number of hydrogen-bond acceptors (Lipinski definition) is 4. The zero-order chi connectivity index (χ0) is 10.7. The van der Waals surface area contributed by atoms with Gasteiger partial charge in [0.1, 0.15) is 0 Å². The van der Waals surface area contributed by atoms with E-state index in [1.54, 1.807) is 0 Å². The third-order valence-electron chi connectivity index (χ3n) is 2.38. The Morgan fingerprint density at radius 1 is 1.36 bits per heavy atom. The molecule has 0 amide bonds. The summed E-state index contributed by atoms with van der Waals surface area (Å²) in [4.78, 5) is 0. The molecular weight excluding hydrogens is 203 g/mol. The molecule has 1 aliphatic heterocycles. The molecule has 0 aliphatic carbocycles. The van der Waals surface area contributed by atoms with Gasteiger partial charge in [-0.15, -0.1) is 0 Å². The minimum absolute atomic E-state index is 0.385. The van der Waals surface area contributed by atoms with Crippen LogP contribution in [-0.2, 0) is 18.3 Å². The van der Waals surface area contributed by atoms with Crippen LogP contribution in [0.25, 0.3) is 0 Å². The Labute approximate surface area is 85.5 Å². The molecule has 4 nitrogen and oxygen atoms in total. The Morgan fingerprint density at radius 2 is 1.93 bits per heavy atom. The Hall–Kier alpha value is 0.110. The maximum atomic E-state index is 12.4. The van der Waals surface area contributed by atoms with E-state index in [0.29, 0.717) is 19.8 Å². The molecule has 0 aromatic heterocycles. The lowest BCUT2D eigenvalue weighted by Gasteiger charge is -2.31. The van der Waals surface area contributed by atoms with Crippen molar-refractivity contribution in [2.75, 3.05) is 19.8 Å². The third kappa shape index (κ3) is 2.19. The lowest BCUT2D eigenvalue weighted by Crippen LogP contribution is -2.26. The highest BCUT2D eigenvalue weighted by atomic mass is 31.2. The molecule has 5 heteroatoms. The van der Waals surface area contributed by atoms with E-state index in [9.17, 15) is 4.57 Å². The first kappa shape index (κ1) is 12.2. The van der Waals surface area contributed by atoms with Crippen molar-refractivity contribution in [1.82, 2.24) is 0 Å². The van der Waals surface area contributed by atoms with Gasteiger partial charge in [-0.2, -0.15) is 0 Å². The first-order valence-corrected chi connectivity index (χ1v) is 6.65. The smallest absolute Gasteiger partial charge is 0.361 e. The van der Waals surface area contributed by atoms with E-state index in [0.717, 1.165) is 12.8 Å². The second-order valence-electron chi connectivity index (χ2n) is 3.46. The number of rotatable bonds is 5. The highest BCUT2D eigenvalue weighted by Crippen LogP contribution is 2.63. The van der Waals surface area contributed by atoms with Crippen molar-refractivity contribution in [1.29, 1.82) is 0 Å². The van der Waals surface area contributed by atoms with Crippen LogP contribution in [0.15, 0.2) is 0 Å². The molecule has 1 rings (SSSR count). The average molecular weight is 222 g/mol. The van der Waals surface area contributed by atoms with Crippen LogP contribution in [0.5, 0.6) is 0 Å². The van der Waals surface area contributed by atoms with Crippen molar-refractivity contribution >= 4 is 7.60 Å². The second-order valence-corrected chi connectivity index (χ2v) is 5.92. The van der Waals surface area contributed by atoms with Gasteiger partial charge >= 0.3 is 7.60 Å². The summed E-state index contributed by atoms with van der Waals surface area (Å²) >= 11 is 0. The van der Waals surface area contributed by atoms with Crippen molar-refractivity contribution in [3.8, 4) is 0 Å². The monoisotopic (exact) mass is 222 g/mol. The van der Waals surface area contributed by atoms with Crippen LogP contribution in [-0.4, -0.2) is 25.2 Å². The van der Waals surface area contributed by atoms with Gasteiger partial charge in [-0.1, -0.05) is 0 Å². The van der Waals surface area contributed by atoms with Gasteiger partial charge in [-0.05, 0) is 33.6 Å². The van der Waals surface area contributed by atoms with Crippen molar-refractivity contribution < 1.29 is 18.3 Å². The lowest BCUT2D eigenvalue weighted by molar-refractivity contribution is 0.0475. The summed E-state index contributed by atoms with van der Waals surface area (Å²) < 4.78 is 28.4. The van der Waals surface area contributed by atoms with Gasteiger partial charge in [0.05, 0.1) is 13.2 Å². The molecule has 1 atom stereocenters. The normalized spacial score (nSPS) is 28.2. The van der Waals surface area contributed by atoms with E-state index in [1.807, 2.05) is 20.8 Å². The van der Waals surface area contributed by atoms with Crippen molar-refractivity contribution in [2.24, 2.45) is 0 Å². The number of hydrogen-bond donors (Lipinski definition) is 0.